The summed E-state index contributed by atoms with van der Waals surface area (Å²) in [6.45, 7) is 1.14. The lowest BCUT2D eigenvalue weighted by molar-refractivity contribution is -0.255. The van der Waals surface area contributed by atoms with E-state index in [1.54, 1.807) is 0 Å². The number of benzene rings is 1. The number of carbonyl (C=O) groups is 1. The molecule has 0 aromatic heterocycles. The quantitative estimate of drug-likeness (QED) is 0.583. The topological polar surface area (TPSA) is 17.1 Å². The second-order valence-electron chi connectivity index (χ2n) is 3.49. The van der Waals surface area contributed by atoms with Crippen LogP contribution in [0.15, 0.2) is 16.6 Å². The molecule has 0 aliphatic carbocycles. The molecule has 0 aliphatic rings. The first-order chi connectivity index (χ1) is 7.98. The SMILES string of the molecule is Cc1cc(Br)cc(C(=O)C(F)(F)C(F)(F)F)c1F. The molecule has 0 aliphatic heterocycles. The molecule has 1 nitrogen and oxygen atoms in total. The van der Waals surface area contributed by atoms with Crippen LogP contribution in [0.5, 0.6) is 0 Å². The number of aryl methyl sites for hydroxylation is 1. The lowest BCUT2D eigenvalue weighted by atomic mass is 10.0. The number of hydrogen-bond acceptors (Lipinski definition) is 1. The standard InChI is InChI=1S/C10H5BrF6O/c1-4-2-5(11)3-6(7(4)12)8(18)9(13,14)10(15,16)17/h2-3H,1H3. The third-order valence-electron chi connectivity index (χ3n) is 2.11. The Morgan fingerprint density at radius 2 is 1.67 bits per heavy atom. The maximum Gasteiger partial charge on any atom is 0.461 e. The number of alkyl halides is 5. The van der Waals surface area contributed by atoms with Crippen molar-refractivity contribution >= 4 is 21.7 Å². The fourth-order valence-corrected chi connectivity index (χ4v) is 1.76. The summed E-state index contributed by atoms with van der Waals surface area (Å²) >= 11 is 2.79. The molecule has 8 heteroatoms. The van der Waals surface area contributed by atoms with Gasteiger partial charge < -0.3 is 0 Å². The lowest BCUT2D eigenvalue weighted by Gasteiger charge is -2.18. The molecule has 1 rings (SSSR count). The van der Waals surface area contributed by atoms with Crippen molar-refractivity contribution in [3.8, 4) is 0 Å². The van der Waals surface area contributed by atoms with Crippen LogP contribution in [-0.2, 0) is 0 Å². The largest absolute Gasteiger partial charge is 0.461 e. The fraction of sp³-hybridized carbons (Fsp3) is 0.300. The Balaban J connectivity index is 3.37. The minimum Gasteiger partial charge on any atom is -0.287 e. The number of hydrogen-bond donors (Lipinski definition) is 0. The van der Waals surface area contributed by atoms with Gasteiger partial charge in [-0.25, -0.2) is 4.39 Å². The van der Waals surface area contributed by atoms with Crippen molar-refractivity contribution in [2.24, 2.45) is 0 Å². The van der Waals surface area contributed by atoms with Gasteiger partial charge in [0.05, 0.1) is 5.56 Å². The Bertz CT molecular complexity index is 494. The first kappa shape index (κ1) is 15.0. The second-order valence-corrected chi connectivity index (χ2v) is 4.40. The Labute approximate surface area is 106 Å². The zero-order valence-corrected chi connectivity index (χ0v) is 10.3. The third-order valence-corrected chi connectivity index (χ3v) is 2.56. The summed E-state index contributed by atoms with van der Waals surface area (Å²) in [5, 5.41) is 0. The van der Waals surface area contributed by atoms with Gasteiger partial charge in [-0.1, -0.05) is 15.9 Å². The van der Waals surface area contributed by atoms with Crippen molar-refractivity contribution in [2.75, 3.05) is 0 Å². The molecule has 18 heavy (non-hydrogen) atoms. The van der Waals surface area contributed by atoms with Crippen LogP contribution in [0.25, 0.3) is 0 Å². The average Bonchev–Trinajstić information content (AvgIpc) is 2.20. The minimum absolute atomic E-state index is 0.0303. The van der Waals surface area contributed by atoms with Crippen LogP contribution in [0, 0.1) is 12.7 Å². The summed E-state index contributed by atoms with van der Waals surface area (Å²) in [7, 11) is 0. The van der Waals surface area contributed by atoms with Gasteiger partial charge in [-0.15, -0.1) is 0 Å². The molecule has 0 saturated heterocycles. The number of ketones is 1. The molecule has 0 atom stereocenters. The highest BCUT2D eigenvalue weighted by atomic mass is 79.9. The third kappa shape index (κ3) is 2.52. The van der Waals surface area contributed by atoms with Crippen molar-refractivity contribution in [3.63, 3.8) is 0 Å². The summed E-state index contributed by atoms with van der Waals surface area (Å²) in [4.78, 5) is 11.1. The van der Waals surface area contributed by atoms with Gasteiger partial charge in [0.2, 0.25) is 5.78 Å². The smallest absolute Gasteiger partial charge is 0.287 e. The van der Waals surface area contributed by atoms with Gasteiger partial charge in [-0.3, -0.25) is 4.79 Å². The van der Waals surface area contributed by atoms with E-state index in [0.717, 1.165) is 13.0 Å². The van der Waals surface area contributed by atoms with Crippen molar-refractivity contribution in [2.45, 2.75) is 19.0 Å². The van der Waals surface area contributed by atoms with Gasteiger partial charge in [0, 0.05) is 4.47 Å². The molecule has 0 N–H and O–H groups in total. The summed E-state index contributed by atoms with van der Waals surface area (Å²) in [6, 6.07) is 1.74. The molecule has 0 fully saturated rings. The molecule has 0 saturated carbocycles. The molecular formula is C10H5BrF6O. The van der Waals surface area contributed by atoms with E-state index in [9.17, 15) is 31.1 Å². The van der Waals surface area contributed by atoms with E-state index in [1.807, 2.05) is 0 Å². The van der Waals surface area contributed by atoms with Crippen LogP contribution >= 0.6 is 15.9 Å². The number of halogens is 7. The van der Waals surface area contributed by atoms with E-state index in [2.05, 4.69) is 15.9 Å². The average molecular weight is 335 g/mol. The first-order valence-electron chi connectivity index (χ1n) is 4.43. The van der Waals surface area contributed by atoms with E-state index >= 15 is 0 Å². The van der Waals surface area contributed by atoms with Crippen LogP contribution in [-0.4, -0.2) is 17.9 Å². The van der Waals surface area contributed by atoms with Crippen molar-refractivity contribution in [1.82, 2.24) is 0 Å². The maximum atomic E-state index is 13.4. The summed E-state index contributed by atoms with van der Waals surface area (Å²) in [5.74, 6) is -9.63. The predicted molar refractivity (Wildman–Crippen MR) is 54.2 cm³/mol. The monoisotopic (exact) mass is 334 g/mol. The highest BCUT2D eigenvalue weighted by Crippen LogP contribution is 2.39. The molecular weight excluding hydrogens is 330 g/mol. The fourth-order valence-electron chi connectivity index (χ4n) is 1.19. The van der Waals surface area contributed by atoms with Crippen molar-refractivity contribution in [1.29, 1.82) is 0 Å². The second kappa shape index (κ2) is 4.56. The molecule has 0 amide bonds. The molecule has 0 heterocycles. The molecule has 100 valence electrons. The zero-order valence-electron chi connectivity index (χ0n) is 8.71. The van der Waals surface area contributed by atoms with Crippen molar-refractivity contribution < 1.29 is 31.1 Å². The molecule has 1 aromatic rings. The predicted octanol–water partition coefficient (Wildman–Crippen LogP) is 4.28. The number of Topliss-reactive ketones (excluding diaryl/α,β-unsaturated/α-hetero) is 1. The van der Waals surface area contributed by atoms with E-state index in [1.165, 1.54) is 0 Å². The van der Waals surface area contributed by atoms with Gasteiger partial charge in [0.25, 0.3) is 0 Å². The molecule has 0 bridgehead atoms. The van der Waals surface area contributed by atoms with Crippen LogP contribution in [0.2, 0.25) is 0 Å². The molecule has 0 spiro atoms. The zero-order chi connectivity index (χ0) is 14.3. The van der Waals surface area contributed by atoms with Crippen LogP contribution < -0.4 is 0 Å². The first-order valence-corrected chi connectivity index (χ1v) is 5.22. The van der Waals surface area contributed by atoms with Gasteiger partial charge in [0.15, 0.2) is 0 Å². The summed E-state index contributed by atoms with van der Waals surface area (Å²) < 4.78 is 75.0. The normalized spacial score (nSPS) is 12.7. The van der Waals surface area contributed by atoms with Crippen LogP contribution in [0.4, 0.5) is 26.3 Å². The highest BCUT2D eigenvalue weighted by Gasteiger charge is 2.63. The van der Waals surface area contributed by atoms with E-state index < -0.39 is 29.3 Å². The Kier molecular flexibility index (Phi) is 3.81. The maximum absolute atomic E-state index is 13.4. The summed E-state index contributed by atoms with van der Waals surface area (Å²) in [5.41, 5.74) is -1.52. The van der Waals surface area contributed by atoms with Gasteiger partial charge >= 0.3 is 12.1 Å². The van der Waals surface area contributed by atoms with Gasteiger partial charge in [0.1, 0.15) is 5.82 Å². The Hall–Kier alpha value is -1.05. The lowest BCUT2D eigenvalue weighted by Crippen LogP contribution is -2.44. The van der Waals surface area contributed by atoms with Gasteiger partial charge in [-0.2, -0.15) is 22.0 Å². The number of carbonyl (C=O) groups excluding carboxylic acids is 1. The Morgan fingerprint density at radius 3 is 2.11 bits per heavy atom. The van der Waals surface area contributed by atoms with E-state index in [4.69, 9.17) is 0 Å². The molecule has 0 radical (unpaired) electrons. The van der Waals surface area contributed by atoms with E-state index in [-0.39, 0.29) is 10.0 Å². The minimum atomic E-state index is -6.06. The molecule has 1 aromatic carbocycles. The van der Waals surface area contributed by atoms with Gasteiger partial charge in [-0.05, 0) is 24.6 Å². The highest BCUT2D eigenvalue weighted by molar-refractivity contribution is 9.10. The van der Waals surface area contributed by atoms with Crippen LogP contribution in [0.3, 0.4) is 0 Å². The molecule has 0 unspecified atom stereocenters. The van der Waals surface area contributed by atoms with Crippen LogP contribution in [0.1, 0.15) is 15.9 Å². The Morgan fingerprint density at radius 1 is 1.17 bits per heavy atom. The van der Waals surface area contributed by atoms with Crippen molar-refractivity contribution in [3.05, 3.63) is 33.5 Å². The summed E-state index contributed by atoms with van der Waals surface area (Å²) in [6.07, 6.45) is -6.06. The number of rotatable bonds is 2. The van der Waals surface area contributed by atoms with E-state index in [0.29, 0.717) is 6.07 Å².